The minimum absolute atomic E-state index is 0.147. The summed E-state index contributed by atoms with van der Waals surface area (Å²) in [5.74, 6) is -0.941. The van der Waals surface area contributed by atoms with Gasteiger partial charge in [0.15, 0.2) is 18.7 Å². The summed E-state index contributed by atoms with van der Waals surface area (Å²) >= 11 is 0. The summed E-state index contributed by atoms with van der Waals surface area (Å²) in [4.78, 5) is 25.7. The lowest BCUT2D eigenvalue weighted by atomic mass is 9.98. The molecule has 4 unspecified atom stereocenters. The highest BCUT2D eigenvalue weighted by Gasteiger charge is 2.47. The molecule has 386 valence electrons. The molecular weight excluding hydrogens is 853 g/mol. The van der Waals surface area contributed by atoms with Crippen LogP contribution in [0.15, 0.2) is 24.3 Å². The minimum atomic E-state index is -1.77. The molecule has 2 aliphatic heterocycles. The van der Waals surface area contributed by atoms with Gasteiger partial charge in [0, 0.05) is 12.8 Å². The number of aliphatic hydroxyl groups excluding tert-OH is 7. The molecule has 15 nitrogen and oxygen atoms in total. The van der Waals surface area contributed by atoms with Crippen molar-refractivity contribution in [2.24, 2.45) is 0 Å². The molecule has 0 radical (unpaired) electrons. The Balaban J connectivity index is 1.81. The average molecular weight is 945 g/mol. The van der Waals surface area contributed by atoms with Gasteiger partial charge in [-0.05, 0) is 57.8 Å². The number of carbonyl (C=O) groups excluding carboxylic acids is 2. The van der Waals surface area contributed by atoms with Gasteiger partial charge in [-0.3, -0.25) is 9.59 Å². The van der Waals surface area contributed by atoms with Crippen LogP contribution in [-0.2, 0) is 38.0 Å². The first-order valence-corrected chi connectivity index (χ1v) is 25.9. The summed E-state index contributed by atoms with van der Waals surface area (Å²) in [7, 11) is 0. The van der Waals surface area contributed by atoms with Crippen LogP contribution in [0.1, 0.15) is 194 Å². The maximum atomic E-state index is 13.0. The second kappa shape index (κ2) is 38.8. The van der Waals surface area contributed by atoms with E-state index < -0.39 is 92.7 Å². The van der Waals surface area contributed by atoms with Crippen molar-refractivity contribution < 1.29 is 73.8 Å². The number of hydrogen-bond acceptors (Lipinski definition) is 15. The van der Waals surface area contributed by atoms with Gasteiger partial charge in [-0.15, -0.1) is 0 Å². The van der Waals surface area contributed by atoms with E-state index in [9.17, 15) is 45.3 Å². The molecule has 2 fully saturated rings. The van der Waals surface area contributed by atoms with E-state index in [1.165, 1.54) is 103 Å². The Labute approximate surface area is 396 Å². The van der Waals surface area contributed by atoms with Crippen LogP contribution in [0.3, 0.4) is 0 Å². The zero-order valence-corrected chi connectivity index (χ0v) is 40.7. The fourth-order valence-electron chi connectivity index (χ4n) is 8.07. The molecule has 0 aromatic carbocycles. The van der Waals surface area contributed by atoms with Crippen molar-refractivity contribution >= 4 is 11.9 Å². The lowest BCUT2D eigenvalue weighted by Crippen LogP contribution is -2.61. The van der Waals surface area contributed by atoms with E-state index in [2.05, 4.69) is 38.2 Å². The van der Waals surface area contributed by atoms with Crippen LogP contribution in [0.5, 0.6) is 0 Å². The molecule has 2 rings (SSSR count). The molecule has 0 amide bonds. The number of carbonyl (C=O) groups is 2. The van der Waals surface area contributed by atoms with Gasteiger partial charge in [-0.25, -0.2) is 0 Å². The van der Waals surface area contributed by atoms with Crippen LogP contribution < -0.4 is 0 Å². The summed E-state index contributed by atoms with van der Waals surface area (Å²) in [6.07, 6.45) is 22.0. The number of allylic oxidation sites excluding steroid dienone is 4. The molecule has 11 atom stereocenters. The summed E-state index contributed by atoms with van der Waals surface area (Å²) < 4.78 is 33.6. The molecule has 7 N–H and O–H groups in total. The van der Waals surface area contributed by atoms with Crippen LogP contribution in [-0.4, -0.2) is 142 Å². The second-order valence-electron chi connectivity index (χ2n) is 18.3. The highest BCUT2D eigenvalue weighted by atomic mass is 16.7. The monoisotopic (exact) mass is 945 g/mol. The molecule has 66 heavy (non-hydrogen) atoms. The maximum Gasteiger partial charge on any atom is 0.306 e. The summed E-state index contributed by atoms with van der Waals surface area (Å²) in [5.41, 5.74) is 0. The van der Waals surface area contributed by atoms with Crippen molar-refractivity contribution in [3.05, 3.63) is 24.3 Å². The Morgan fingerprint density at radius 2 is 0.879 bits per heavy atom. The molecule has 15 heteroatoms. The van der Waals surface area contributed by atoms with Crippen molar-refractivity contribution in [2.75, 3.05) is 26.4 Å². The summed E-state index contributed by atoms with van der Waals surface area (Å²) in [6.45, 7) is 2.55. The fraction of sp³-hybridized carbons (Fsp3) is 0.882. The summed E-state index contributed by atoms with van der Waals surface area (Å²) in [5, 5.41) is 72.0. The number of ether oxygens (including phenoxy) is 6. The molecule has 0 saturated carbocycles. The Kier molecular flexibility index (Phi) is 35.3. The largest absolute Gasteiger partial charge is 0.462 e. The lowest BCUT2D eigenvalue weighted by Gasteiger charge is -2.42. The molecule has 2 heterocycles. The van der Waals surface area contributed by atoms with Gasteiger partial charge in [-0.1, -0.05) is 147 Å². The molecule has 0 aromatic rings. The van der Waals surface area contributed by atoms with E-state index in [0.717, 1.165) is 51.4 Å². The van der Waals surface area contributed by atoms with Gasteiger partial charge in [0.25, 0.3) is 0 Å². The zero-order valence-electron chi connectivity index (χ0n) is 40.7. The van der Waals surface area contributed by atoms with Gasteiger partial charge in [0.1, 0.15) is 55.4 Å². The third-order valence-corrected chi connectivity index (χ3v) is 12.4. The van der Waals surface area contributed by atoms with Crippen LogP contribution in [0.4, 0.5) is 0 Å². The minimum Gasteiger partial charge on any atom is -0.462 e. The number of esters is 2. The number of hydrogen-bond donors (Lipinski definition) is 7. The van der Waals surface area contributed by atoms with Gasteiger partial charge >= 0.3 is 11.9 Å². The highest BCUT2D eigenvalue weighted by Crippen LogP contribution is 2.26. The quantitative estimate of drug-likeness (QED) is 0.0184. The van der Waals surface area contributed by atoms with Crippen LogP contribution in [0, 0.1) is 0 Å². The Hall–Kier alpha value is -2.02. The smallest absolute Gasteiger partial charge is 0.306 e. The SMILES string of the molecule is CCCC/C=C/CCCCCCCCCCCC(=O)OC[C@H](CO[C@@H]1O[C@H](CO[C@@H]2O[C@H](CO)[C@H](O)C(O)C2O)[C@H](O)C(O)C1O)OC(=O)CCCCC/C=C/CCCCCCCCCC. The normalized spacial score (nSPS) is 26.3. The van der Waals surface area contributed by atoms with E-state index in [4.69, 9.17) is 28.4 Å². The molecule has 0 spiro atoms. The molecule has 2 saturated heterocycles. The Bertz CT molecular complexity index is 1250. The van der Waals surface area contributed by atoms with Crippen molar-refractivity contribution in [1.82, 2.24) is 0 Å². The molecule has 0 aliphatic carbocycles. The zero-order chi connectivity index (χ0) is 48.2. The third kappa shape index (κ3) is 26.7. The van der Waals surface area contributed by atoms with E-state index in [1.807, 2.05) is 0 Å². The van der Waals surface area contributed by atoms with E-state index >= 15 is 0 Å². The van der Waals surface area contributed by atoms with E-state index in [0.29, 0.717) is 12.8 Å². The predicted octanol–water partition coefficient (Wildman–Crippen LogP) is 7.16. The van der Waals surface area contributed by atoms with Crippen LogP contribution in [0.2, 0.25) is 0 Å². The van der Waals surface area contributed by atoms with E-state index in [-0.39, 0.29) is 26.1 Å². The maximum absolute atomic E-state index is 13.0. The van der Waals surface area contributed by atoms with Gasteiger partial charge in [0.2, 0.25) is 0 Å². The second-order valence-corrected chi connectivity index (χ2v) is 18.3. The fourth-order valence-corrected chi connectivity index (χ4v) is 8.07. The average Bonchev–Trinajstić information content (AvgIpc) is 3.31. The standard InChI is InChI=1S/C51H92O15/c1-3-5-7-9-11-13-15-17-19-21-23-25-27-29-31-33-42(53)61-36-39(64-43(54)34-32-30-28-26-24-22-20-18-16-14-12-10-8-6-4-2)37-62-50-49(60)47(58)45(56)41(66-50)38-63-51-48(59)46(57)44(55)40(35-52)65-51/h9,11,22,24,39-41,44-52,55-60H,3-8,10,12-21,23,25-38H2,1-2H3/b11-9+,24-22+/t39-,40-,41-,44+,45+,46?,47?,48?,49?,50-,51-/m1/s1. The number of rotatable bonds is 40. The third-order valence-electron chi connectivity index (χ3n) is 12.4. The summed E-state index contributed by atoms with van der Waals surface area (Å²) in [6, 6.07) is 0. The predicted molar refractivity (Wildman–Crippen MR) is 252 cm³/mol. The molecular formula is C51H92O15. The topological polar surface area (TPSA) is 231 Å². The highest BCUT2D eigenvalue weighted by molar-refractivity contribution is 5.70. The van der Waals surface area contributed by atoms with Gasteiger partial charge in [-0.2, -0.15) is 0 Å². The Morgan fingerprint density at radius 1 is 0.470 bits per heavy atom. The van der Waals surface area contributed by atoms with Crippen LogP contribution >= 0.6 is 0 Å². The van der Waals surface area contributed by atoms with E-state index in [1.54, 1.807) is 0 Å². The van der Waals surface area contributed by atoms with Crippen molar-refractivity contribution in [3.63, 3.8) is 0 Å². The van der Waals surface area contributed by atoms with Crippen molar-refractivity contribution in [3.8, 4) is 0 Å². The molecule has 0 aromatic heterocycles. The first-order valence-electron chi connectivity index (χ1n) is 25.9. The van der Waals surface area contributed by atoms with Crippen molar-refractivity contribution in [1.29, 1.82) is 0 Å². The number of unbranched alkanes of at least 4 members (excludes halogenated alkanes) is 22. The first kappa shape index (κ1) is 60.1. The first-order chi connectivity index (χ1) is 32.0. The van der Waals surface area contributed by atoms with Gasteiger partial charge in [0.05, 0.1) is 19.8 Å². The molecule has 2 aliphatic rings. The van der Waals surface area contributed by atoms with Crippen LogP contribution in [0.25, 0.3) is 0 Å². The number of aliphatic hydroxyl groups is 7. The van der Waals surface area contributed by atoms with Crippen molar-refractivity contribution in [2.45, 2.75) is 261 Å². The molecule has 0 bridgehead atoms. The Morgan fingerprint density at radius 3 is 1.39 bits per heavy atom. The van der Waals surface area contributed by atoms with Gasteiger partial charge < -0.3 is 64.2 Å². The lowest BCUT2D eigenvalue weighted by molar-refractivity contribution is -0.332.